The minimum Gasteiger partial charge on any atom is -0.305 e. The van der Waals surface area contributed by atoms with Crippen molar-refractivity contribution >= 4 is 55.9 Å². The second kappa shape index (κ2) is 7.03. The number of aromatic amines is 1. The quantitative estimate of drug-likeness (QED) is 0.498. The Morgan fingerprint density at radius 3 is 2.77 bits per heavy atom. The van der Waals surface area contributed by atoms with Gasteiger partial charge < -0.3 is 4.98 Å². The van der Waals surface area contributed by atoms with Crippen LogP contribution in [0.1, 0.15) is 11.4 Å². The minimum atomic E-state index is -0.251. The lowest BCUT2D eigenvalue weighted by Crippen LogP contribution is -2.10. The molecule has 0 amide bonds. The van der Waals surface area contributed by atoms with Crippen molar-refractivity contribution in [3.63, 3.8) is 0 Å². The number of aromatic nitrogens is 3. The number of fused-ring (bicyclic) bond motifs is 1. The molecule has 0 aliphatic carbocycles. The van der Waals surface area contributed by atoms with Gasteiger partial charge in [-0.15, -0.1) is 11.3 Å². The van der Waals surface area contributed by atoms with E-state index in [9.17, 15) is 4.79 Å². The molecule has 0 atom stereocenters. The fourth-order valence-electron chi connectivity index (χ4n) is 2.62. The first-order chi connectivity index (χ1) is 12.6. The third kappa shape index (κ3) is 3.17. The van der Waals surface area contributed by atoms with Crippen LogP contribution in [-0.2, 0) is 0 Å². The summed E-state index contributed by atoms with van der Waals surface area (Å²) in [4.78, 5) is 24.6. The lowest BCUT2D eigenvalue weighted by Gasteiger charge is -2.03. The van der Waals surface area contributed by atoms with E-state index in [4.69, 9.17) is 23.2 Å². The summed E-state index contributed by atoms with van der Waals surface area (Å²) < 4.78 is 0. The summed E-state index contributed by atoms with van der Waals surface area (Å²) >= 11 is 14.0. The zero-order chi connectivity index (χ0) is 18.1. The molecule has 0 saturated heterocycles. The third-order valence-electron chi connectivity index (χ3n) is 3.81. The summed E-state index contributed by atoms with van der Waals surface area (Å²) in [7, 11) is 0. The first-order valence-corrected chi connectivity index (χ1v) is 9.31. The highest BCUT2D eigenvalue weighted by Gasteiger charge is 2.15. The minimum absolute atomic E-state index is 0.251. The molecule has 3 heterocycles. The molecule has 7 heteroatoms. The maximum absolute atomic E-state index is 12.7. The van der Waals surface area contributed by atoms with E-state index >= 15 is 0 Å². The second-order valence-electron chi connectivity index (χ2n) is 5.50. The molecule has 0 fully saturated rings. The lowest BCUT2D eigenvalue weighted by atomic mass is 10.1. The fraction of sp³-hybridized carbons (Fsp3) is 0. The molecule has 0 saturated carbocycles. The Morgan fingerprint density at radius 2 is 2.00 bits per heavy atom. The first-order valence-electron chi connectivity index (χ1n) is 7.67. The molecule has 0 aliphatic rings. The summed E-state index contributed by atoms with van der Waals surface area (Å²) in [5, 5.41) is 3.32. The Balaban J connectivity index is 1.84. The van der Waals surface area contributed by atoms with Crippen LogP contribution in [0.2, 0.25) is 5.02 Å². The Bertz CT molecular complexity index is 1180. The number of benzene rings is 1. The number of H-pyrrole nitrogens is 1. The van der Waals surface area contributed by atoms with Gasteiger partial charge in [0.2, 0.25) is 0 Å². The SMILES string of the molecule is O=c1[nH]c(/C(Cl)=C/c2cccnc2)nc2scc(-c3ccccc3Cl)c12. The van der Waals surface area contributed by atoms with Crippen molar-refractivity contribution in [2.45, 2.75) is 0 Å². The number of nitrogens with one attached hydrogen (secondary N) is 1. The molecule has 1 aromatic carbocycles. The number of rotatable bonds is 3. The molecule has 0 spiro atoms. The average molecular weight is 400 g/mol. The fourth-order valence-corrected chi connectivity index (χ4v) is 4.01. The molecule has 4 nitrogen and oxygen atoms in total. The normalized spacial score (nSPS) is 11.8. The molecular weight excluding hydrogens is 389 g/mol. The van der Waals surface area contributed by atoms with Crippen LogP contribution in [0.15, 0.2) is 59.0 Å². The van der Waals surface area contributed by atoms with Gasteiger partial charge in [-0.2, -0.15) is 0 Å². The van der Waals surface area contributed by atoms with Gasteiger partial charge in [0.25, 0.3) is 5.56 Å². The van der Waals surface area contributed by atoms with Gasteiger partial charge in [0.05, 0.1) is 10.4 Å². The van der Waals surface area contributed by atoms with Crippen LogP contribution in [0.4, 0.5) is 0 Å². The van der Waals surface area contributed by atoms with Crippen molar-refractivity contribution in [1.82, 2.24) is 15.0 Å². The van der Waals surface area contributed by atoms with Gasteiger partial charge in [-0.1, -0.05) is 47.5 Å². The molecule has 26 heavy (non-hydrogen) atoms. The van der Waals surface area contributed by atoms with Crippen molar-refractivity contribution in [3.8, 4) is 11.1 Å². The van der Waals surface area contributed by atoms with Gasteiger partial charge in [0.15, 0.2) is 5.82 Å². The van der Waals surface area contributed by atoms with E-state index in [1.165, 1.54) is 11.3 Å². The van der Waals surface area contributed by atoms with E-state index in [2.05, 4.69) is 15.0 Å². The lowest BCUT2D eigenvalue weighted by molar-refractivity contribution is 1.14. The standard InChI is InChI=1S/C19H11Cl2N3OS/c20-14-6-2-1-5-12(14)13-10-26-19-16(13)18(25)23-17(24-19)15(21)8-11-4-3-7-22-9-11/h1-10H,(H,23,24,25)/b15-8-. The Morgan fingerprint density at radius 1 is 1.15 bits per heavy atom. The van der Waals surface area contributed by atoms with Gasteiger partial charge >= 0.3 is 0 Å². The molecule has 4 aromatic rings. The Hall–Kier alpha value is -2.47. The number of hydrogen-bond donors (Lipinski definition) is 1. The van der Waals surface area contributed by atoms with Crippen molar-refractivity contribution in [3.05, 3.63) is 80.9 Å². The molecule has 0 bridgehead atoms. The molecule has 0 aliphatic heterocycles. The summed E-state index contributed by atoms with van der Waals surface area (Å²) in [5.41, 5.74) is 2.14. The van der Waals surface area contributed by atoms with Crippen LogP contribution in [0.3, 0.4) is 0 Å². The number of pyridine rings is 1. The monoisotopic (exact) mass is 399 g/mol. The van der Waals surface area contributed by atoms with Crippen molar-refractivity contribution in [1.29, 1.82) is 0 Å². The predicted octanol–water partition coefficient (Wildman–Crippen LogP) is 5.44. The highest BCUT2D eigenvalue weighted by atomic mass is 35.5. The van der Waals surface area contributed by atoms with Gasteiger partial charge in [-0.05, 0) is 23.8 Å². The molecule has 3 aromatic heterocycles. The van der Waals surface area contributed by atoms with Crippen LogP contribution >= 0.6 is 34.5 Å². The largest absolute Gasteiger partial charge is 0.305 e. The summed E-state index contributed by atoms with van der Waals surface area (Å²) in [6.07, 6.45) is 5.07. The van der Waals surface area contributed by atoms with Crippen LogP contribution in [0.5, 0.6) is 0 Å². The molecule has 128 valence electrons. The van der Waals surface area contributed by atoms with E-state index in [0.29, 0.717) is 26.1 Å². The molecular formula is C19H11Cl2N3OS. The van der Waals surface area contributed by atoms with E-state index in [-0.39, 0.29) is 5.56 Å². The second-order valence-corrected chi connectivity index (χ2v) is 7.18. The van der Waals surface area contributed by atoms with Gasteiger partial charge in [-0.3, -0.25) is 9.78 Å². The maximum Gasteiger partial charge on any atom is 0.260 e. The van der Waals surface area contributed by atoms with E-state index < -0.39 is 0 Å². The van der Waals surface area contributed by atoms with Gasteiger partial charge in [0.1, 0.15) is 4.83 Å². The van der Waals surface area contributed by atoms with Gasteiger partial charge in [0, 0.05) is 33.9 Å². The third-order valence-corrected chi connectivity index (χ3v) is 5.30. The highest BCUT2D eigenvalue weighted by molar-refractivity contribution is 7.17. The van der Waals surface area contributed by atoms with Crippen LogP contribution < -0.4 is 5.56 Å². The zero-order valence-corrected chi connectivity index (χ0v) is 15.6. The van der Waals surface area contributed by atoms with Crippen LogP contribution in [0.25, 0.3) is 32.5 Å². The number of hydrogen-bond acceptors (Lipinski definition) is 4. The Kier molecular flexibility index (Phi) is 4.59. The molecule has 0 unspecified atom stereocenters. The Labute approximate surface area is 162 Å². The molecule has 4 rings (SSSR count). The number of nitrogens with zero attached hydrogens (tertiary/aromatic N) is 2. The maximum atomic E-state index is 12.7. The van der Waals surface area contributed by atoms with E-state index in [1.807, 2.05) is 35.7 Å². The van der Waals surface area contributed by atoms with Crippen LogP contribution in [-0.4, -0.2) is 15.0 Å². The van der Waals surface area contributed by atoms with Crippen LogP contribution in [0, 0.1) is 0 Å². The van der Waals surface area contributed by atoms with E-state index in [1.54, 1.807) is 24.5 Å². The van der Waals surface area contributed by atoms with Crippen molar-refractivity contribution < 1.29 is 0 Å². The summed E-state index contributed by atoms with van der Waals surface area (Å²) in [5.74, 6) is 0.320. The number of halogens is 2. The predicted molar refractivity (Wildman–Crippen MR) is 109 cm³/mol. The molecule has 1 N–H and O–H groups in total. The number of thiophene rings is 1. The zero-order valence-electron chi connectivity index (χ0n) is 13.2. The van der Waals surface area contributed by atoms with Crippen molar-refractivity contribution in [2.24, 2.45) is 0 Å². The topological polar surface area (TPSA) is 58.6 Å². The summed E-state index contributed by atoms with van der Waals surface area (Å²) in [6.45, 7) is 0. The smallest absolute Gasteiger partial charge is 0.260 e. The first kappa shape index (κ1) is 17.0. The molecule has 0 radical (unpaired) electrons. The van der Waals surface area contributed by atoms with Gasteiger partial charge in [-0.25, -0.2) is 4.98 Å². The summed E-state index contributed by atoms with van der Waals surface area (Å²) in [6, 6.07) is 11.1. The average Bonchev–Trinajstić information content (AvgIpc) is 3.07. The van der Waals surface area contributed by atoms with E-state index in [0.717, 1.165) is 16.7 Å². The van der Waals surface area contributed by atoms with Crippen molar-refractivity contribution in [2.75, 3.05) is 0 Å². The highest BCUT2D eigenvalue weighted by Crippen LogP contribution is 2.35.